The fourth-order valence-corrected chi connectivity index (χ4v) is 4.56. The Balaban J connectivity index is 1.78. The minimum Gasteiger partial charge on any atom is -0.361 e. The lowest BCUT2D eigenvalue weighted by Crippen LogP contribution is -2.46. The lowest BCUT2D eigenvalue weighted by Gasteiger charge is -2.32. The van der Waals surface area contributed by atoms with Gasteiger partial charge in [-0.15, -0.1) is 0 Å². The molecule has 0 aromatic rings. The third-order valence-corrected chi connectivity index (χ3v) is 5.84. The van der Waals surface area contributed by atoms with Crippen molar-refractivity contribution < 1.29 is 0 Å². The van der Waals surface area contributed by atoms with Gasteiger partial charge in [-0.2, -0.15) is 0 Å². The Morgan fingerprint density at radius 2 is 2.16 bits per heavy atom. The van der Waals surface area contributed by atoms with Crippen molar-refractivity contribution in [1.82, 2.24) is 10.2 Å². The summed E-state index contributed by atoms with van der Waals surface area (Å²) in [5.41, 5.74) is 0. The van der Waals surface area contributed by atoms with Crippen molar-refractivity contribution in [3.8, 4) is 0 Å². The monoisotopic (exact) mass is 283 g/mol. The fraction of sp³-hybridized carbons (Fsp3) is 0.933. The summed E-state index contributed by atoms with van der Waals surface area (Å²) in [5, 5.41) is 5.61. The minimum atomic E-state index is 0.611. The van der Waals surface area contributed by atoms with Crippen LogP contribution in [0, 0.1) is 5.92 Å². The lowest BCUT2D eigenvalue weighted by atomic mass is 9.99. The van der Waals surface area contributed by atoms with Gasteiger partial charge in [-0.25, -0.2) is 0 Å². The number of hydrogen-bond donors (Lipinski definition) is 1. The Hall–Kier alpha value is -0.220. The molecule has 0 bridgehead atoms. The van der Waals surface area contributed by atoms with Gasteiger partial charge >= 0.3 is 0 Å². The average molecular weight is 283 g/mol. The molecule has 3 nitrogen and oxygen atoms in total. The third-order valence-electron chi connectivity index (χ3n) is 4.53. The van der Waals surface area contributed by atoms with E-state index in [1.807, 2.05) is 11.8 Å². The second-order valence-electron chi connectivity index (χ2n) is 5.76. The number of nitrogens with zero attached hydrogens (tertiary/aromatic N) is 2. The van der Waals surface area contributed by atoms with E-state index in [1.165, 1.54) is 50.5 Å². The molecule has 2 unspecified atom stereocenters. The van der Waals surface area contributed by atoms with Gasteiger partial charge in [-0.1, -0.05) is 45.4 Å². The first-order valence-electron chi connectivity index (χ1n) is 7.96. The predicted molar refractivity (Wildman–Crippen MR) is 86.0 cm³/mol. The van der Waals surface area contributed by atoms with Gasteiger partial charge in [-0.05, 0) is 31.8 Å². The number of likely N-dealkylation sites (tertiary alicyclic amines) is 1. The van der Waals surface area contributed by atoms with Gasteiger partial charge in [0, 0.05) is 17.8 Å². The quantitative estimate of drug-likeness (QED) is 0.840. The summed E-state index contributed by atoms with van der Waals surface area (Å²) in [6, 6.07) is 0.611. The molecule has 0 spiro atoms. The number of thioether (sulfide) groups is 1. The van der Waals surface area contributed by atoms with Crippen LogP contribution in [0.5, 0.6) is 0 Å². The number of piperidine rings is 1. The number of nitrogens with one attached hydrogen (secondary N) is 1. The van der Waals surface area contributed by atoms with E-state index in [4.69, 9.17) is 4.99 Å². The molecule has 2 aliphatic heterocycles. The van der Waals surface area contributed by atoms with Gasteiger partial charge in [0.1, 0.15) is 0 Å². The third kappa shape index (κ3) is 4.12. The molecule has 2 heterocycles. The van der Waals surface area contributed by atoms with Crippen LogP contribution in [0.3, 0.4) is 0 Å². The van der Waals surface area contributed by atoms with Crippen molar-refractivity contribution in [1.29, 1.82) is 0 Å². The molecule has 0 aromatic carbocycles. The van der Waals surface area contributed by atoms with Crippen LogP contribution in [0.15, 0.2) is 4.99 Å². The summed E-state index contributed by atoms with van der Waals surface area (Å²) in [6.07, 6.45) is 5.18. The minimum absolute atomic E-state index is 0.611. The standard InChI is InChI=1S/C15H29N3S/c1-4-12(5-2)14-10-16-15(19-14)17-13-8-7-9-18(6-3)11-13/h12-14H,4-11H2,1-3H3,(H,16,17). The van der Waals surface area contributed by atoms with Crippen LogP contribution in [-0.2, 0) is 0 Å². The zero-order valence-corrected chi connectivity index (χ0v) is 13.5. The Morgan fingerprint density at radius 1 is 1.37 bits per heavy atom. The Kier molecular flexibility index (Phi) is 6.02. The van der Waals surface area contributed by atoms with Gasteiger partial charge in [0.2, 0.25) is 0 Å². The Morgan fingerprint density at radius 3 is 2.84 bits per heavy atom. The van der Waals surface area contributed by atoms with Crippen molar-refractivity contribution in [3.63, 3.8) is 0 Å². The normalized spacial score (nSPS) is 28.7. The topological polar surface area (TPSA) is 27.6 Å². The summed E-state index contributed by atoms with van der Waals surface area (Å²) in [7, 11) is 0. The fourth-order valence-electron chi connectivity index (χ4n) is 3.17. The van der Waals surface area contributed by atoms with Crippen LogP contribution in [0.1, 0.15) is 46.5 Å². The largest absolute Gasteiger partial charge is 0.361 e. The molecule has 1 fully saturated rings. The zero-order chi connectivity index (χ0) is 13.7. The molecule has 0 aromatic heterocycles. The highest BCUT2D eigenvalue weighted by Gasteiger charge is 2.28. The molecule has 1 saturated heterocycles. The molecule has 19 heavy (non-hydrogen) atoms. The van der Waals surface area contributed by atoms with Crippen LogP contribution < -0.4 is 5.32 Å². The summed E-state index contributed by atoms with van der Waals surface area (Å²) < 4.78 is 0. The molecular formula is C15H29N3S. The zero-order valence-electron chi connectivity index (χ0n) is 12.7. The molecule has 0 radical (unpaired) electrons. The van der Waals surface area contributed by atoms with Crippen LogP contribution in [0.25, 0.3) is 0 Å². The average Bonchev–Trinajstić information content (AvgIpc) is 2.89. The smallest absolute Gasteiger partial charge is 0.157 e. The van der Waals surface area contributed by atoms with E-state index in [0.717, 1.165) is 12.5 Å². The van der Waals surface area contributed by atoms with E-state index in [-0.39, 0.29) is 0 Å². The maximum absolute atomic E-state index is 4.73. The van der Waals surface area contributed by atoms with Gasteiger partial charge < -0.3 is 10.2 Å². The van der Waals surface area contributed by atoms with Gasteiger partial charge in [0.25, 0.3) is 0 Å². The van der Waals surface area contributed by atoms with Crippen LogP contribution in [0.4, 0.5) is 0 Å². The van der Waals surface area contributed by atoms with Crippen molar-refractivity contribution in [2.75, 3.05) is 26.2 Å². The van der Waals surface area contributed by atoms with E-state index < -0.39 is 0 Å². The number of rotatable bonds is 5. The molecule has 2 aliphatic rings. The molecule has 0 amide bonds. The maximum atomic E-state index is 4.73. The van der Waals surface area contributed by atoms with Crippen LogP contribution >= 0.6 is 11.8 Å². The second kappa shape index (κ2) is 7.53. The summed E-state index contributed by atoms with van der Waals surface area (Å²) >= 11 is 1.99. The van der Waals surface area contributed by atoms with Gasteiger partial charge in [0.15, 0.2) is 5.17 Å². The highest BCUT2D eigenvalue weighted by atomic mass is 32.2. The molecule has 0 aliphatic carbocycles. The first-order chi connectivity index (χ1) is 9.26. The number of aliphatic imine (C=N–C) groups is 1. The van der Waals surface area contributed by atoms with Crippen molar-refractivity contribution in [2.45, 2.75) is 57.7 Å². The summed E-state index contributed by atoms with van der Waals surface area (Å²) in [5.74, 6) is 0.826. The molecular weight excluding hydrogens is 254 g/mol. The number of amidine groups is 1. The van der Waals surface area contributed by atoms with Gasteiger partial charge in [0.05, 0.1) is 6.54 Å². The van der Waals surface area contributed by atoms with Crippen LogP contribution in [0.2, 0.25) is 0 Å². The summed E-state index contributed by atoms with van der Waals surface area (Å²) in [6.45, 7) is 11.5. The summed E-state index contributed by atoms with van der Waals surface area (Å²) in [4.78, 5) is 7.27. The molecule has 2 rings (SSSR count). The van der Waals surface area contributed by atoms with E-state index in [0.29, 0.717) is 11.3 Å². The first-order valence-corrected chi connectivity index (χ1v) is 8.84. The van der Waals surface area contributed by atoms with E-state index >= 15 is 0 Å². The number of hydrogen-bond acceptors (Lipinski definition) is 4. The first kappa shape index (κ1) is 15.2. The molecule has 2 atom stereocenters. The van der Waals surface area contributed by atoms with E-state index in [1.54, 1.807) is 0 Å². The molecule has 110 valence electrons. The predicted octanol–water partition coefficient (Wildman–Crippen LogP) is 2.97. The Labute approximate surface area is 122 Å². The highest BCUT2D eigenvalue weighted by Crippen LogP contribution is 2.30. The van der Waals surface area contributed by atoms with E-state index in [9.17, 15) is 0 Å². The molecule has 4 heteroatoms. The van der Waals surface area contributed by atoms with Gasteiger partial charge in [-0.3, -0.25) is 4.99 Å². The van der Waals surface area contributed by atoms with Crippen LogP contribution in [-0.4, -0.2) is 47.5 Å². The molecule has 1 N–H and O–H groups in total. The lowest BCUT2D eigenvalue weighted by molar-refractivity contribution is 0.210. The van der Waals surface area contributed by atoms with Crippen molar-refractivity contribution in [3.05, 3.63) is 0 Å². The maximum Gasteiger partial charge on any atom is 0.157 e. The van der Waals surface area contributed by atoms with E-state index in [2.05, 4.69) is 31.0 Å². The second-order valence-corrected chi connectivity index (χ2v) is 6.98. The van der Waals surface area contributed by atoms with Crippen molar-refractivity contribution >= 4 is 16.9 Å². The Bertz CT molecular complexity index is 302. The highest BCUT2D eigenvalue weighted by molar-refractivity contribution is 8.14. The van der Waals surface area contributed by atoms with Crippen molar-refractivity contribution in [2.24, 2.45) is 10.9 Å². The molecule has 0 saturated carbocycles. The number of likely N-dealkylation sites (N-methyl/N-ethyl adjacent to an activating group) is 1. The SMILES string of the molecule is CCC(CC)C1CN=C(NC2CCCN(CC)C2)S1.